The van der Waals surface area contributed by atoms with Crippen LogP contribution < -0.4 is 5.32 Å². The van der Waals surface area contributed by atoms with E-state index in [1.807, 2.05) is 30.2 Å². The lowest BCUT2D eigenvalue weighted by atomic mass is 10.0. The van der Waals surface area contributed by atoms with E-state index >= 15 is 0 Å². The Morgan fingerprint density at radius 1 is 0.976 bits per heavy atom. The molecule has 4 heterocycles. The van der Waals surface area contributed by atoms with Crippen LogP contribution in [0.15, 0.2) is 49.1 Å². The van der Waals surface area contributed by atoms with Crippen LogP contribution in [-0.4, -0.2) is 60.1 Å². The first-order valence-electron chi connectivity index (χ1n) is 13.6. The first kappa shape index (κ1) is 29.2. The second-order valence-corrected chi connectivity index (χ2v) is 10.4. The SMILES string of the molecule is CCN1C=CN([C@@H](CC(F)(F)F)c2ccc(Nc3ncc(F)c(-c4cc(F)c5nc(C)n(C(C)C)c5c4)n3)nc2)CC1. The molecule has 0 saturated carbocycles. The highest BCUT2D eigenvalue weighted by molar-refractivity contribution is 5.83. The lowest BCUT2D eigenvalue weighted by Crippen LogP contribution is -2.38. The zero-order valence-corrected chi connectivity index (χ0v) is 23.6. The van der Waals surface area contributed by atoms with Crippen molar-refractivity contribution >= 4 is 22.8 Å². The second-order valence-electron chi connectivity index (χ2n) is 10.4. The Kier molecular flexibility index (Phi) is 8.02. The summed E-state index contributed by atoms with van der Waals surface area (Å²) in [6, 6.07) is 4.96. The third-order valence-electron chi connectivity index (χ3n) is 7.22. The maximum Gasteiger partial charge on any atom is 0.391 e. The Bertz CT molecular complexity index is 1600. The van der Waals surface area contributed by atoms with Crippen molar-refractivity contribution in [1.29, 1.82) is 0 Å². The van der Waals surface area contributed by atoms with Gasteiger partial charge in [-0.2, -0.15) is 13.2 Å². The Balaban J connectivity index is 1.41. The molecular formula is C29H31F5N8. The molecule has 0 bridgehead atoms. The molecule has 1 aromatic carbocycles. The lowest BCUT2D eigenvalue weighted by Gasteiger charge is -2.37. The van der Waals surface area contributed by atoms with E-state index in [0.29, 0.717) is 30.0 Å². The van der Waals surface area contributed by atoms with Crippen molar-refractivity contribution in [3.05, 3.63) is 72.1 Å². The number of alkyl halides is 3. The van der Waals surface area contributed by atoms with Crippen LogP contribution in [0.1, 0.15) is 50.7 Å². The summed E-state index contributed by atoms with van der Waals surface area (Å²) in [7, 11) is 0. The molecule has 0 amide bonds. The van der Waals surface area contributed by atoms with Crippen molar-refractivity contribution in [1.82, 2.24) is 34.3 Å². The highest BCUT2D eigenvalue weighted by Crippen LogP contribution is 2.35. The molecule has 1 aliphatic rings. The van der Waals surface area contributed by atoms with Gasteiger partial charge in [-0.15, -0.1) is 0 Å². The lowest BCUT2D eigenvalue weighted by molar-refractivity contribution is -0.146. The standard InChI is InChI=1S/C29H31F5N8/c1-5-40-8-10-41(11-9-40)24(14-29(32,33)34)19-6-7-25(35-15-19)38-28-36-16-22(31)26(39-28)20-12-21(30)27-23(13-20)42(17(2)3)18(4)37-27/h6-8,10,12-13,15-17,24H,5,9,11,14H2,1-4H3,(H,35,36,38,39)/t24-/m0/s1. The van der Waals surface area contributed by atoms with Crippen LogP contribution in [0.5, 0.6) is 0 Å². The van der Waals surface area contributed by atoms with Gasteiger partial charge in [0.05, 0.1) is 24.2 Å². The van der Waals surface area contributed by atoms with Gasteiger partial charge in [-0.3, -0.25) is 0 Å². The highest BCUT2D eigenvalue weighted by atomic mass is 19.4. The number of aryl methyl sites for hydroxylation is 1. The van der Waals surface area contributed by atoms with Gasteiger partial charge in [0, 0.05) is 49.8 Å². The van der Waals surface area contributed by atoms with E-state index in [0.717, 1.165) is 12.7 Å². The summed E-state index contributed by atoms with van der Waals surface area (Å²) in [6.07, 6.45) is 0.415. The van der Waals surface area contributed by atoms with Crippen molar-refractivity contribution in [2.24, 2.45) is 0 Å². The zero-order valence-electron chi connectivity index (χ0n) is 23.6. The summed E-state index contributed by atoms with van der Waals surface area (Å²) < 4.78 is 72.1. The highest BCUT2D eigenvalue weighted by Gasteiger charge is 2.35. The molecule has 0 aliphatic carbocycles. The van der Waals surface area contributed by atoms with Crippen LogP contribution in [0.4, 0.5) is 33.7 Å². The fourth-order valence-corrected chi connectivity index (χ4v) is 5.22. The number of imidazole rings is 1. The number of halogens is 5. The normalized spacial score (nSPS) is 14.7. The number of hydrogen-bond acceptors (Lipinski definition) is 7. The molecule has 5 rings (SSSR count). The summed E-state index contributed by atoms with van der Waals surface area (Å²) in [6.45, 7) is 9.48. The van der Waals surface area contributed by atoms with E-state index in [2.05, 4.69) is 25.3 Å². The third-order valence-corrected chi connectivity index (χ3v) is 7.22. The summed E-state index contributed by atoms with van der Waals surface area (Å²) in [5, 5.41) is 2.87. The molecule has 8 nitrogen and oxygen atoms in total. The number of benzene rings is 1. The molecule has 0 saturated heterocycles. The number of hydrogen-bond donors (Lipinski definition) is 1. The molecule has 1 atom stereocenters. The molecular weight excluding hydrogens is 555 g/mol. The van der Waals surface area contributed by atoms with Crippen LogP contribution in [0.25, 0.3) is 22.3 Å². The average Bonchev–Trinajstić information content (AvgIpc) is 3.29. The predicted octanol–water partition coefficient (Wildman–Crippen LogP) is 6.90. The van der Waals surface area contributed by atoms with Gasteiger partial charge in [-0.25, -0.2) is 28.7 Å². The minimum absolute atomic E-state index is 0.00105. The first-order chi connectivity index (χ1) is 19.9. The summed E-state index contributed by atoms with van der Waals surface area (Å²) in [5.74, 6) is -0.474. The topological polar surface area (TPSA) is 75.0 Å². The van der Waals surface area contributed by atoms with Gasteiger partial charge >= 0.3 is 6.18 Å². The fourth-order valence-electron chi connectivity index (χ4n) is 5.22. The van der Waals surface area contributed by atoms with Crippen molar-refractivity contribution in [3.8, 4) is 11.3 Å². The number of nitrogens with one attached hydrogen (secondary N) is 1. The second kappa shape index (κ2) is 11.5. The quantitative estimate of drug-likeness (QED) is 0.225. The summed E-state index contributed by atoms with van der Waals surface area (Å²) in [5.41, 5.74) is 1.19. The molecule has 0 spiro atoms. The molecule has 1 N–H and O–H groups in total. The van der Waals surface area contributed by atoms with Crippen molar-refractivity contribution in [3.63, 3.8) is 0 Å². The molecule has 0 fully saturated rings. The minimum Gasteiger partial charge on any atom is -0.375 e. The fraction of sp³-hybridized carbons (Fsp3) is 0.379. The van der Waals surface area contributed by atoms with Crippen molar-refractivity contribution in [2.45, 2.75) is 52.4 Å². The number of likely N-dealkylation sites (N-methyl/N-ethyl adjacent to an activating group) is 1. The van der Waals surface area contributed by atoms with E-state index in [-0.39, 0.29) is 34.6 Å². The number of rotatable bonds is 8. The van der Waals surface area contributed by atoms with Gasteiger partial charge in [-0.05, 0) is 51.5 Å². The van der Waals surface area contributed by atoms with Crippen LogP contribution in [0, 0.1) is 18.6 Å². The molecule has 13 heteroatoms. The van der Waals surface area contributed by atoms with Crippen LogP contribution in [0.3, 0.4) is 0 Å². The average molecular weight is 587 g/mol. The smallest absolute Gasteiger partial charge is 0.375 e. The van der Waals surface area contributed by atoms with Gasteiger partial charge in [-0.1, -0.05) is 6.07 Å². The van der Waals surface area contributed by atoms with Gasteiger partial charge in [0.2, 0.25) is 5.95 Å². The predicted molar refractivity (Wildman–Crippen MR) is 150 cm³/mol. The molecule has 3 aromatic heterocycles. The third kappa shape index (κ3) is 6.14. The Labute approximate surface area is 239 Å². The van der Waals surface area contributed by atoms with Gasteiger partial charge in [0.15, 0.2) is 11.6 Å². The maximum absolute atomic E-state index is 15.0. The van der Waals surface area contributed by atoms with Gasteiger partial charge in [0.1, 0.15) is 22.9 Å². The summed E-state index contributed by atoms with van der Waals surface area (Å²) in [4.78, 5) is 20.5. The van der Waals surface area contributed by atoms with E-state index < -0.39 is 30.3 Å². The van der Waals surface area contributed by atoms with E-state index in [9.17, 15) is 22.0 Å². The van der Waals surface area contributed by atoms with E-state index in [4.69, 9.17) is 0 Å². The Morgan fingerprint density at radius 3 is 2.38 bits per heavy atom. The number of pyridine rings is 1. The number of aromatic nitrogens is 5. The molecule has 222 valence electrons. The van der Waals surface area contributed by atoms with Crippen molar-refractivity contribution in [2.75, 3.05) is 25.0 Å². The van der Waals surface area contributed by atoms with E-state index in [1.54, 1.807) is 36.4 Å². The van der Waals surface area contributed by atoms with E-state index in [1.165, 1.54) is 18.3 Å². The minimum atomic E-state index is -4.37. The largest absolute Gasteiger partial charge is 0.391 e. The van der Waals surface area contributed by atoms with Crippen LogP contribution in [-0.2, 0) is 0 Å². The summed E-state index contributed by atoms with van der Waals surface area (Å²) >= 11 is 0. The molecule has 0 unspecified atom stereocenters. The molecule has 42 heavy (non-hydrogen) atoms. The monoisotopic (exact) mass is 586 g/mol. The van der Waals surface area contributed by atoms with Gasteiger partial charge < -0.3 is 19.7 Å². The Morgan fingerprint density at radius 2 is 1.76 bits per heavy atom. The van der Waals surface area contributed by atoms with Crippen LogP contribution >= 0.6 is 0 Å². The maximum atomic E-state index is 15.0. The van der Waals surface area contributed by atoms with Crippen LogP contribution in [0.2, 0.25) is 0 Å². The number of nitrogens with zero attached hydrogens (tertiary/aromatic N) is 7. The van der Waals surface area contributed by atoms with Gasteiger partial charge in [0.25, 0.3) is 0 Å². The zero-order chi connectivity index (χ0) is 30.2. The number of fused-ring (bicyclic) bond motifs is 1. The molecule has 1 aliphatic heterocycles. The molecule has 4 aromatic rings. The molecule has 0 radical (unpaired) electrons. The Hall–Kier alpha value is -4.29. The first-order valence-corrected chi connectivity index (χ1v) is 13.6. The number of anilines is 2. The van der Waals surface area contributed by atoms with Crippen molar-refractivity contribution < 1.29 is 22.0 Å².